The molecule has 0 spiro atoms. The molecule has 4 heteroatoms. The molecule has 0 N–H and O–H groups in total. The quantitative estimate of drug-likeness (QED) is 0.676. The van der Waals surface area contributed by atoms with Gasteiger partial charge in [-0.05, 0) is 12.1 Å². The Hall–Kier alpha value is -1.68. The van der Waals surface area contributed by atoms with Crippen molar-refractivity contribution in [3.8, 4) is 0 Å². The summed E-state index contributed by atoms with van der Waals surface area (Å²) in [4.78, 5) is 15.7. The Balaban J connectivity index is 2.22. The Morgan fingerprint density at radius 2 is 2.27 bits per heavy atom. The van der Waals surface area contributed by atoms with Crippen LogP contribution in [0.5, 0.6) is 0 Å². The van der Waals surface area contributed by atoms with Gasteiger partial charge in [-0.25, -0.2) is 4.98 Å². The molecule has 0 bridgehead atoms. The molecule has 1 fully saturated rings. The van der Waals surface area contributed by atoms with Gasteiger partial charge >= 0.3 is 0 Å². The maximum Gasteiger partial charge on any atom is 0.269 e. The van der Waals surface area contributed by atoms with E-state index in [1.807, 2.05) is 24.3 Å². The fourth-order valence-electron chi connectivity index (χ4n) is 1.68. The van der Waals surface area contributed by atoms with Crippen molar-refractivity contribution in [2.75, 3.05) is 6.61 Å². The van der Waals surface area contributed by atoms with Crippen molar-refractivity contribution in [1.82, 2.24) is 9.55 Å². The number of nitrogens with zero attached hydrogens (tertiary/aromatic N) is 2. The summed E-state index contributed by atoms with van der Waals surface area (Å²) >= 11 is 0. The number of para-hydroxylation sites is 2. The molecule has 1 aliphatic rings. The van der Waals surface area contributed by atoms with Gasteiger partial charge < -0.3 is 9.30 Å². The lowest BCUT2D eigenvalue weighted by Crippen LogP contribution is -2.22. The number of aromatic nitrogens is 2. The average molecular weight is 202 g/mol. The van der Waals surface area contributed by atoms with Gasteiger partial charge in [0, 0.05) is 0 Å². The highest BCUT2D eigenvalue weighted by Crippen LogP contribution is 2.14. The second kappa shape index (κ2) is 3.17. The zero-order chi connectivity index (χ0) is 10.3. The van der Waals surface area contributed by atoms with Gasteiger partial charge in [-0.1, -0.05) is 12.1 Å². The third-order valence-corrected chi connectivity index (χ3v) is 2.54. The van der Waals surface area contributed by atoms with Gasteiger partial charge in [-0.15, -0.1) is 0 Å². The van der Waals surface area contributed by atoms with Crippen molar-refractivity contribution in [1.29, 1.82) is 0 Å². The third kappa shape index (κ3) is 1.53. The first-order valence-electron chi connectivity index (χ1n) is 4.91. The van der Waals surface area contributed by atoms with E-state index < -0.39 is 0 Å². The molecule has 2 heterocycles. The van der Waals surface area contributed by atoms with Crippen molar-refractivity contribution in [3.63, 3.8) is 0 Å². The maximum absolute atomic E-state index is 11.6. The Kier molecular flexibility index (Phi) is 1.82. The molecule has 1 aromatic carbocycles. The number of ether oxygens (including phenoxy) is 1. The molecule has 0 radical (unpaired) electrons. The summed E-state index contributed by atoms with van der Waals surface area (Å²) in [5.41, 5.74) is 1.66. The summed E-state index contributed by atoms with van der Waals surface area (Å²) in [5.74, 6) is 0. The number of fused-ring (bicyclic) bond motifs is 1. The van der Waals surface area contributed by atoms with Crippen molar-refractivity contribution >= 4 is 11.0 Å². The minimum Gasteiger partial charge on any atom is -0.371 e. The zero-order valence-corrected chi connectivity index (χ0v) is 8.09. The molecule has 1 atom stereocenters. The lowest BCUT2D eigenvalue weighted by molar-refractivity contribution is 0.383. The smallest absolute Gasteiger partial charge is 0.269 e. The van der Waals surface area contributed by atoms with E-state index >= 15 is 0 Å². The number of benzene rings is 1. The van der Waals surface area contributed by atoms with Crippen LogP contribution in [-0.4, -0.2) is 22.3 Å². The predicted octanol–water partition coefficient (Wildman–Crippen LogP) is 0.795. The molecule has 3 rings (SSSR count). The molecule has 0 aliphatic carbocycles. The van der Waals surface area contributed by atoms with Crippen LogP contribution in [0.2, 0.25) is 0 Å². The minimum atomic E-state index is -0.0656. The van der Waals surface area contributed by atoms with Crippen LogP contribution in [0.1, 0.15) is 0 Å². The average Bonchev–Trinajstić information content (AvgIpc) is 3.06. The van der Waals surface area contributed by atoms with E-state index in [9.17, 15) is 4.79 Å². The molecule has 1 saturated heterocycles. The van der Waals surface area contributed by atoms with Crippen LogP contribution in [0, 0.1) is 0 Å². The number of rotatable bonds is 2. The lowest BCUT2D eigenvalue weighted by Gasteiger charge is -2.06. The standard InChI is InChI=1S/C11H10N2O2/c14-11-5-12-9-3-1-2-4-10(9)13(11)6-8-7-15-8/h1-5,8H,6-7H2/t8-/m0/s1. The zero-order valence-electron chi connectivity index (χ0n) is 8.09. The van der Waals surface area contributed by atoms with Crippen LogP contribution in [0.4, 0.5) is 0 Å². The first-order valence-corrected chi connectivity index (χ1v) is 4.91. The van der Waals surface area contributed by atoms with Crippen LogP contribution < -0.4 is 5.56 Å². The summed E-state index contributed by atoms with van der Waals surface area (Å²) in [6, 6.07) is 7.64. The topological polar surface area (TPSA) is 47.4 Å². The Bertz CT molecular complexity index is 558. The lowest BCUT2D eigenvalue weighted by atomic mass is 10.3. The molecule has 1 aliphatic heterocycles. The molecule has 2 aromatic rings. The van der Waals surface area contributed by atoms with E-state index in [0.717, 1.165) is 17.6 Å². The Morgan fingerprint density at radius 1 is 1.47 bits per heavy atom. The summed E-state index contributed by atoms with van der Waals surface area (Å²) in [7, 11) is 0. The van der Waals surface area contributed by atoms with Gasteiger partial charge in [0.15, 0.2) is 0 Å². The van der Waals surface area contributed by atoms with Gasteiger partial charge in [0.2, 0.25) is 0 Å². The van der Waals surface area contributed by atoms with Gasteiger partial charge in [0.25, 0.3) is 5.56 Å². The highest BCUT2D eigenvalue weighted by molar-refractivity contribution is 5.74. The summed E-state index contributed by atoms with van der Waals surface area (Å²) in [5, 5.41) is 0. The summed E-state index contributed by atoms with van der Waals surface area (Å²) in [6.07, 6.45) is 1.57. The van der Waals surface area contributed by atoms with Gasteiger partial charge in [0.1, 0.15) is 0 Å². The van der Waals surface area contributed by atoms with Crippen molar-refractivity contribution in [2.24, 2.45) is 0 Å². The van der Waals surface area contributed by atoms with Gasteiger partial charge in [-0.2, -0.15) is 0 Å². The van der Waals surface area contributed by atoms with Crippen molar-refractivity contribution < 1.29 is 4.74 Å². The highest BCUT2D eigenvalue weighted by Gasteiger charge is 2.23. The largest absolute Gasteiger partial charge is 0.371 e. The second-order valence-electron chi connectivity index (χ2n) is 3.65. The molecular weight excluding hydrogens is 192 g/mol. The predicted molar refractivity (Wildman–Crippen MR) is 55.7 cm³/mol. The summed E-state index contributed by atoms with van der Waals surface area (Å²) < 4.78 is 6.86. The van der Waals surface area contributed by atoms with E-state index in [2.05, 4.69) is 4.98 Å². The van der Waals surface area contributed by atoms with Gasteiger partial charge in [0.05, 0.1) is 36.5 Å². The van der Waals surface area contributed by atoms with Gasteiger partial charge in [-0.3, -0.25) is 4.79 Å². The van der Waals surface area contributed by atoms with Crippen LogP contribution in [0.25, 0.3) is 11.0 Å². The molecule has 0 unspecified atom stereocenters. The number of hydrogen-bond donors (Lipinski definition) is 0. The van der Waals surface area contributed by atoms with Crippen LogP contribution in [0.15, 0.2) is 35.3 Å². The molecule has 4 nitrogen and oxygen atoms in total. The van der Waals surface area contributed by atoms with E-state index in [-0.39, 0.29) is 11.7 Å². The summed E-state index contributed by atoms with van der Waals surface area (Å²) in [6.45, 7) is 1.38. The molecule has 15 heavy (non-hydrogen) atoms. The maximum atomic E-state index is 11.6. The minimum absolute atomic E-state index is 0.0656. The highest BCUT2D eigenvalue weighted by atomic mass is 16.6. The Morgan fingerprint density at radius 3 is 3.07 bits per heavy atom. The van der Waals surface area contributed by atoms with E-state index in [0.29, 0.717) is 6.54 Å². The second-order valence-corrected chi connectivity index (χ2v) is 3.65. The first kappa shape index (κ1) is 8.61. The Labute approximate surface area is 86.1 Å². The fourth-order valence-corrected chi connectivity index (χ4v) is 1.68. The molecule has 76 valence electrons. The monoisotopic (exact) mass is 202 g/mol. The molecule has 0 saturated carbocycles. The molecular formula is C11H10N2O2. The van der Waals surface area contributed by atoms with Crippen molar-refractivity contribution in [3.05, 3.63) is 40.8 Å². The van der Waals surface area contributed by atoms with E-state index in [4.69, 9.17) is 4.74 Å². The molecule has 1 aromatic heterocycles. The normalized spacial score (nSPS) is 19.3. The number of hydrogen-bond acceptors (Lipinski definition) is 3. The van der Waals surface area contributed by atoms with Crippen LogP contribution in [-0.2, 0) is 11.3 Å². The first-order chi connectivity index (χ1) is 7.34. The fraction of sp³-hybridized carbons (Fsp3) is 0.273. The number of epoxide rings is 1. The van der Waals surface area contributed by atoms with Crippen LogP contribution >= 0.6 is 0 Å². The van der Waals surface area contributed by atoms with Crippen LogP contribution in [0.3, 0.4) is 0 Å². The SMILES string of the molecule is O=c1cnc2ccccc2n1C[C@H]1CO1. The van der Waals surface area contributed by atoms with E-state index in [1.165, 1.54) is 6.20 Å². The third-order valence-electron chi connectivity index (χ3n) is 2.54. The van der Waals surface area contributed by atoms with Crippen molar-refractivity contribution in [2.45, 2.75) is 12.6 Å². The molecule has 0 amide bonds. The van der Waals surface area contributed by atoms with E-state index in [1.54, 1.807) is 4.57 Å².